The van der Waals surface area contributed by atoms with Crippen molar-refractivity contribution in [3.8, 4) is 0 Å². The molecule has 184 valence electrons. The molecule has 16 nitrogen and oxygen atoms in total. The van der Waals surface area contributed by atoms with E-state index in [0.29, 0.717) is 24.6 Å². The van der Waals surface area contributed by atoms with E-state index < -0.39 is 36.2 Å². The summed E-state index contributed by atoms with van der Waals surface area (Å²) in [5.74, 6) is 0.0564. The van der Waals surface area contributed by atoms with Crippen LogP contribution >= 0.6 is 0 Å². The highest BCUT2D eigenvalue weighted by molar-refractivity contribution is 5.99. The van der Waals surface area contributed by atoms with E-state index in [9.17, 15) is 19.2 Å². The van der Waals surface area contributed by atoms with Gasteiger partial charge in [-0.1, -0.05) is 0 Å². The van der Waals surface area contributed by atoms with Crippen molar-refractivity contribution in [2.45, 2.75) is 18.6 Å². The summed E-state index contributed by atoms with van der Waals surface area (Å²) in [4.78, 5) is 54.8. The number of pyridine rings is 1. The van der Waals surface area contributed by atoms with E-state index in [0.717, 1.165) is 0 Å². The number of nitrogens with zero attached hydrogens (tertiary/aromatic N) is 2. The number of aromatic amines is 1. The van der Waals surface area contributed by atoms with Gasteiger partial charge in [0.25, 0.3) is 11.5 Å². The number of nitrogens with two attached hydrogens (primary N) is 3. The van der Waals surface area contributed by atoms with Gasteiger partial charge in [-0.05, 0) is 7.05 Å². The summed E-state index contributed by atoms with van der Waals surface area (Å²) in [7, 11) is 1.65. The first kappa shape index (κ1) is 23.3. The lowest BCUT2D eigenvalue weighted by atomic mass is 10.1. The quantitative estimate of drug-likeness (QED) is 0.170. The molecular weight excluding hydrogens is 448 g/mol. The average molecular weight is 477 g/mol. The van der Waals surface area contributed by atoms with Gasteiger partial charge in [0, 0.05) is 32.2 Å². The van der Waals surface area contributed by atoms with Gasteiger partial charge in [-0.2, -0.15) is 0 Å². The van der Waals surface area contributed by atoms with Gasteiger partial charge < -0.3 is 48.8 Å². The number of nitrogen functional groups attached to an aromatic ring is 1. The largest absolute Gasteiger partial charge is 0.385 e. The predicted molar refractivity (Wildman–Crippen MR) is 122 cm³/mol. The van der Waals surface area contributed by atoms with Crippen molar-refractivity contribution >= 4 is 29.5 Å². The lowest BCUT2D eigenvalue weighted by Crippen LogP contribution is -2.67. The Labute approximate surface area is 193 Å². The second kappa shape index (κ2) is 9.18. The van der Waals surface area contributed by atoms with Gasteiger partial charge in [0.1, 0.15) is 24.0 Å². The molecule has 3 unspecified atom stereocenters. The number of rotatable bonds is 7. The lowest BCUT2D eigenvalue weighted by Gasteiger charge is -2.40. The van der Waals surface area contributed by atoms with Crippen LogP contribution in [0, 0.1) is 0 Å². The number of carbonyl (C=O) groups excluding carboxylic acids is 3. The third-order valence-corrected chi connectivity index (χ3v) is 5.67. The van der Waals surface area contributed by atoms with Crippen LogP contribution in [0.4, 0.5) is 21.1 Å². The number of anilines is 2. The number of amides is 5. The van der Waals surface area contributed by atoms with E-state index in [1.54, 1.807) is 7.05 Å². The van der Waals surface area contributed by atoms with E-state index in [1.165, 1.54) is 15.9 Å². The summed E-state index contributed by atoms with van der Waals surface area (Å²) in [6, 6.07) is 0.586. The molecule has 16 heteroatoms. The number of fused-ring (bicyclic) bond motifs is 1. The maximum atomic E-state index is 12.5. The molecule has 0 spiro atoms. The topological polar surface area (TPSA) is 241 Å². The minimum absolute atomic E-state index is 0.117. The van der Waals surface area contributed by atoms with E-state index in [4.69, 9.17) is 17.2 Å². The summed E-state index contributed by atoms with van der Waals surface area (Å²) in [6.45, 7) is 1.10. The van der Waals surface area contributed by atoms with Gasteiger partial charge in [-0.3, -0.25) is 24.7 Å². The van der Waals surface area contributed by atoms with E-state index in [1.807, 2.05) is 0 Å². The van der Waals surface area contributed by atoms with Crippen LogP contribution in [0.5, 0.6) is 0 Å². The van der Waals surface area contributed by atoms with E-state index in [-0.39, 0.29) is 36.0 Å². The van der Waals surface area contributed by atoms with Crippen LogP contribution in [0.2, 0.25) is 0 Å². The van der Waals surface area contributed by atoms with Crippen LogP contribution in [0.15, 0.2) is 22.3 Å². The minimum Gasteiger partial charge on any atom is -0.385 e. The Morgan fingerprint density at radius 3 is 2.29 bits per heavy atom. The van der Waals surface area contributed by atoms with Crippen molar-refractivity contribution in [2.75, 3.05) is 43.9 Å². The molecule has 0 saturated heterocycles. The van der Waals surface area contributed by atoms with Gasteiger partial charge in [-0.15, -0.1) is 0 Å². The van der Waals surface area contributed by atoms with Gasteiger partial charge in [-0.25, -0.2) is 9.59 Å². The van der Waals surface area contributed by atoms with E-state index in [2.05, 4.69) is 36.9 Å². The smallest absolute Gasteiger partial charge is 0.324 e. The van der Waals surface area contributed by atoms with Crippen molar-refractivity contribution in [2.24, 2.45) is 11.5 Å². The standard InChI is InChI=1S/C18H28N12O4/c1-22-16-27-13-10(15(32)28-16)12(21)26-18(34)30(13)5-3-23-2-4-29-7-6-8(19)24-14(31)9(7)11(20)25-17(29)33/h6,11-12,16,22-23,27H,2-5,20-21H2,1H3,(H,25,33)(H,26,34)(H,28,32)(H3,19,24,31). The molecule has 34 heavy (non-hydrogen) atoms. The number of hydrogen-bond donors (Lipinski definition) is 10. The maximum absolute atomic E-state index is 12.5. The molecule has 0 radical (unpaired) electrons. The molecule has 0 saturated carbocycles. The van der Waals surface area contributed by atoms with Crippen LogP contribution in [0.1, 0.15) is 11.7 Å². The number of aromatic nitrogens is 1. The Bertz CT molecular complexity index is 1100. The fraction of sp³-hybridized carbons (Fsp3) is 0.444. The molecule has 0 bridgehead atoms. The van der Waals surface area contributed by atoms with Gasteiger partial charge in [0.2, 0.25) is 0 Å². The zero-order valence-electron chi connectivity index (χ0n) is 18.4. The minimum atomic E-state index is -0.941. The van der Waals surface area contributed by atoms with Crippen LogP contribution in [-0.2, 0) is 4.79 Å². The Balaban J connectivity index is 1.39. The second-order valence-electron chi connectivity index (χ2n) is 7.86. The third kappa shape index (κ3) is 4.21. The molecule has 1 aromatic rings. The second-order valence-corrected chi connectivity index (χ2v) is 7.86. The van der Waals surface area contributed by atoms with Crippen LogP contribution in [0.3, 0.4) is 0 Å². The SMILES string of the molecule is CNC1NC(=O)C2=C(N1)N(CCNCCN1C(=O)NC(N)c3c1cc(N)[nH]c3=O)C(=O)NC2N. The molecule has 1 aromatic heterocycles. The maximum Gasteiger partial charge on any atom is 0.324 e. The summed E-state index contributed by atoms with van der Waals surface area (Å²) >= 11 is 0. The normalized spacial score (nSPS) is 24.1. The number of H-pyrrole nitrogens is 1. The summed E-state index contributed by atoms with van der Waals surface area (Å²) in [5, 5.41) is 16.9. The molecule has 3 atom stereocenters. The van der Waals surface area contributed by atoms with Crippen molar-refractivity contribution in [1.29, 1.82) is 0 Å². The molecule has 5 amide bonds. The Morgan fingerprint density at radius 2 is 1.59 bits per heavy atom. The molecule has 4 heterocycles. The highest BCUT2D eigenvalue weighted by Gasteiger charge is 2.39. The van der Waals surface area contributed by atoms with Crippen molar-refractivity contribution in [1.82, 2.24) is 41.8 Å². The van der Waals surface area contributed by atoms with Crippen LogP contribution < -0.4 is 59.6 Å². The molecule has 3 aliphatic rings. The molecule has 13 N–H and O–H groups in total. The third-order valence-electron chi connectivity index (χ3n) is 5.67. The number of urea groups is 2. The Morgan fingerprint density at radius 1 is 0.941 bits per heavy atom. The van der Waals surface area contributed by atoms with E-state index >= 15 is 0 Å². The predicted octanol–water partition coefficient (Wildman–Crippen LogP) is -4.22. The number of nitrogens with one attached hydrogen (secondary N) is 7. The fourth-order valence-corrected chi connectivity index (χ4v) is 4.04. The molecule has 0 fully saturated rings. The summed E-state index contributed by atoms with van der Waals surface area (Å²) in [5.41, 5.74) is 17.9. The van der Waals surface area contributed by atoms with Crippen LogP contribution in [-0.4, -0.2) is 73.5 Å². The van der Waals surface area contributed by atoms with Crippen LogP contribution in [0.25, 0.3) is 0 Å². The monoisotopic (exact) mass is 476 g/mol. The highest BCUT2D eigenvalue weighted by Crippen LogP contribution is 2.26. The zero-order valence-corrected chi connectivity index (χ0v) is 18.4. The first-order valence-corrected chi connectivity index (χ1v) is 10.6. The molecular formula is C18H28N12O4. The van der Waals surface area contributed by atoms with Gasteiger partial charge in [0.05, 0.1) is 16.8 Å². The molecule has 4 rings (SSSR count). The Kier molecular flexibility index (Phi) is 6.29. The average Bonchev–Trinajstić information content (AvgIpc) is 2.75. The summed E-state index contributed by atoms with van der Waals surface area (Å²) in [6.07, 6.45) is -2.43. The van der Waals surface area contributed by atoms with Crippen molar-refractivity contribution in [3.63, 3.8) is 0 Å². The lowest BCUT2D eigenvalue weighted by molar-refractivity contribution is -0.119. The Hall–Kier alpha value is -3.86. The zero-order chi connectivity index (χ0) is 24.6. The van der Waals surface area contributed by atoms with Gasteiger partial charge >= 0.3 is 12.1 Å². The molecule has 0 aliphatic carbocycles. The van der Waals surface area contributed by atoms with Crippen molar-refractivity contribution < 1.29 is 14.4 Å². The van der Waals surface area contributed by atoms with Gasteiger partial charge in [0.15, 0.2) is 6.29 Å². The highest BCUT2D eigenvalue weighted by atomic mass is 16.2. The number of carbonyl (C=O) groups is 3. The summed E-state index contributed by atoms with van der Waals surface area (Å²) < 4.78 is 0. The first-order valence-electron chi connectivity index (χ1n) is 10.6. The molecule has 3 aliphatic heterocycles. The number of hydrogen-bond acceptors (Lipinski definition) is 10. The first-order chi connectivity index (χ1) is 16.2. The molecule has 0 aromatic carbocycles. The fourth-order valence-electron chi connectivity index (χ4n) is 4.04. The van der Waals surface area contributed by atoms with Crippen molar-refractivity contribution in [3.05, 3.63) is 33.4 Å².